The summed E-state index contributed by atoms with van der Waals surface area (Å²) in [6.07, 6.45) is 5.77. The van der Waals surface area contributed by atoms with Crippen molar-refractivity contribution < 1.29 is 4.79 Å². The molecule has 0 N–H and O–H groups in total. The Kier molecular flexibility index (Phi) is 8.71. The van der Waals surface area contributed by atoms with Crippen molar-refractivity contribution >= 4 is 40.9 Å². The highest BCUT2D eigenvalue weighted by atomic mass is 35.5. The van der Waals surface area contributed by atoms with Gasteiger partial charge in [-0.15, -0.1) is 6.58 Å². The van der Waals surface area contributed by atoms with Gasteiger partial charge in [0.1, 0.15) is 0 Å². The molecule has 3 nitrogen and oxygen atoms in total. The molecule has 0 aliphatic carbocycles. The Balaban J connectivity index is 2.20. The zero-order valence-corrected chi connectivity index (χ0v) is 21.4. The molecule has 1 fully saturated rings. The predicted octanol–water partition coefficient (Wildman–Crippen LogP) is 7.56. The number of pyridine rings is 1. The maximum absolute atomic E-state index is 14.1. The number of nitrogens with zero attached hydrogens (tertiary/aromatic N) is 2. The van der Waals surface area contributed by atoms with E-state index < -0.39 is 5.41 Å². The Morgan fingerprint density at radius 1 is 1.28 bits per heavy atom. The first-order valence-electron chi connectivity index (χ1n) is 11.2. The first kappa shape index (κ1) is 25.1. The number of piperidine rings is 1. The average Bonchev–Trinajstić information content (AvgIpc) is 2.77. The van der Waals surface area contributed by atoms with Crippen molar-refractivity contribution in [2.45, 2.75) is 58.0 Å². The summed E-state index contributed by atoms with van der Waals surface area (Å²) in [7, 11) is 0. The van der Waals surface area contributed by atoms with E-state index in [4.69, 9.17) is 23.2 Å². The van der Waals surface area contributed by atoms with Crippen LogP contribution in [0.5, 0.6) is 0 Å². The molecule has 2 heterocycles. The van der Waals surface area contributed by atoms with Crippen LogP contribution in [-0.2, 0) is 4.79 Å². The lowest BCUT2D eigenvalue weighted by Gasteiger charge is -2.51. The lowest BCUT2D eigenvalue weighted by molar-refractivity contribution is -0.154. The lowest BCUT2D eigenvalue weighted by atomic mass is 9.67. The monoisotopic (exact) mass is 490 g/mol. The molecule has 1 aliphatic rings. The number of hydrogen-bond acceptors (Lipinski definition) is 3. The molecule has 6 heteroatoms. The van der Waals surface area contributed by atoms with E-state index in [1.54, 1.807) is 6.20 Å². The quantitative estimate of drug-likeness (QED) is 0.340. The molecule has 0 bridgehead atoms. The van der Waals surface area contributed by atoms with Gasteiger partial charge in [0.05, 0.1) is 22.2 Å². The zero-order chi connectivity index (χ0) is 23.3. The molecule has 172 valence electrons. The van der Waals surface area contributed by atoms with E-state index in [0.29, 0.717) is 22.9 Å². The molecule has 0 radical (unpaired) electrons. The van der Waals surface area contributed by atoms with Gasteiger partial charge in [-0.2, -0.15) is 11.8 Å². The van der Waals surface area contributed by atoms with Crippen LogP contribution in [0, 0.1) is 5.41 Å². The fourth-order valence-corrected chi connectivity index (χ4v) is 6.01. The summed E-state index contributed by atoms with van der Waals surface area (Å²) in [4.78, 5) is 20.9. The van der Waals surface area contributed by atoms with Crippen molar-refractivity contribution in [2.75, 3.05) is 11.5 Å². The second kappa shape index (κ2) is 11.1. The molecule has 4 atom stereocenters. The molecule has 0 saturated carbocycles. The van der Waals surface area contributed by atoms with Crippen molar-refractivity contribution in [1.82, 2.24) is 9.88 Å². The largest absolute Gasteiger partial charge is 0.329 e. The standard InChI is InChI=1S/C26H32Cl2N2OS/c1-5-13-26(4)15-22(18-9-8-10-19(27)14-18)24(23-12-11-20(28)16-29-23)30(25(26)31)21(6-2)17-32-7-3/h5,8-12,14,16,21-22,24H,1,6-7,13,15,17H2,2-4H3/t21-,22?,24?,26?/m0/s1. The first-order valence-corrected chi connectivity index (χ1v) is 13.1. The van der Waals surface area contributed by atoms with Crippen molar-refractivity contribution in [3.63, 3.8) is 0 Å². The van der Waals surface area contributed by atoms with Crippen LogP contribution < -0.4 is 0 Å². The van der Waals surface area contributed by atoms with Crippen LogP contribution in [0.1, 0.15) is 63.3 Å². The van der Waals surface area contributed by atoms with Gasteiger partial charge in [0.2, 0.25) is 5.91 Å². The minimum absolute atomic E-state index is 0.0608. The van der Waals surface area contributed by atoms with Crippen molar-refractivity contribution in [2.24, 2.45) is 5.41 Å². The number of allylic oxidation sites excluding steroid dienone is 1. The summed E-state index contributed by atoms with van der Waals surface area (Å²) >= 11 is 14.4. The van der Waals surface area contributed by atoms with Gasteiger partial charge in [0, 0.05) is 28.9 Å². The molecule has 1 aromatic carbocycles. The number of rotatable bonds is 9. The first-order chi connectivity index (χ1) is 15.3. The smallest absolute Gasteiger partial charge is 0.229 e. The fourth-order valence-electron chi connectivity index (χ4n) is 4.80. The molecule has 1 saturated heterocycles. The number of carbonyl (C=O) groups is 1. The Bertz CT molecular complexity index is 936. The van der Waals surface area contributed by atoms with Crippen molar-refractivity contribution in [3.8, 4) is 0 Å². The van der Waals surface area contributed by atoms with Gasteiger partial charge in [-0.3, -0.25) is 9.78 Å². The van der Waals surface area contributed by atoms with E-state index in [1.807, 2.05) is 48.2 Å². The minimum Gasteiger partial charge on any atom is -0.329 e. The number of amides is 1. The second-order valence-electron chi connectivity index (χ2n) is 8.70. The van der Waals surface area contributed by atoms with Crippen LogP contribution in [0.2, 0.25) is 10.0 Å². The Hall–Kier alpha value is -1.49. The summed E-state index contributed by atoms with van der Waals surface area (Å²) in [6, 6.07) is 11.8. The SMILES string of the molecule is C=CCC1(C)CC(c2cccc(Cl)c2)C(c2ccc(Cl)cn2)N([C@@H](CC)CSCC)C1=O. The van der Waals surface area contributed by atoms with Crippen LogP contribution in [0.3, 0.4) is 0 Å². The molecule has 1 amide bonds. The van der Waals surface area contributed by atoms with E-state index in [9.17, 15) is 4.79 Å². The highest BCUT2D eigenvalue weighted by molar-refractivity contribution is 7.99. The third-order valence-corrected chi connectivity index (χ3v) is 7.89. The molecule has 2 aromatic rings. The topological polar surface area (TPSA) is 33.2 Å². The summed E-state index contributed by atoms with van der Waals surface area (Å²) < 4.78 is 0. The Morgan fingerprint density at radius 2 is 2.06 bits per heavy atom. The maximum atomic E-state index is 14.1. The van der Waals surface area contributed by atoms with E-state index >= 15 is 0 Å². The van der Waals surface area contributed by atoms with E-state index in [2.05, 4.69) is 43.3 Å². The summed E-state index contributed by atoms with van der Waals surface area (Å²) in [6.45, 7) is 10.3. The minimum atomic E-state index is -0.526. The van der Waals surface area contributed by atoms with Crippen molar-refractivity contribution in [1.29, 1.82) is 0 Å². The zero-order valence-electron chi connectivity index (χ0n) is 19.1. The molecule has 1 aromatic heterocycles. The number of carbonyl (C=O) groups excluding carboxylic acids is 1. The number of likely N-dealkylation sites (tertiary alicyclic amines) is 1. The molecule has 3 unspecified atom stereocenters. The fraction of sp³-hybridized carbons (Fsp3) is 0.462. The van der Waals surface area contributed by atoms with Gasteiger partial charge < -0.3 is 4.90 Å². The van der Waals surface area contributed by atoms with Gasteiger partial charge in [0.25, 0.3) is 0 Å². The summed E-state index contributed by atoms with van der Waals surface area (Å²) in [5, 5.41) is 1.29. The number of hydrogen-bond donors (Lipinski definition) is 0. The third-order valence-electron chi connectivity index (χ3n) is 6.41. The lowest BCUT2D eigenvalue weighted by Crippen LogP contribution is -2.56. The third kappa shape index (κ3) is 5.35. The van der Waals surface area contributed by atoms with Crippen LogP contribution in [0.25, 0.3) is 0 Å². The Morgan fingerprint density at radius 3 is 2.66 bits per heavy atom. The molecular weight excluding hydrogens is 459 g/mol. The molecule has 0 spiro atoms. The molecule has 1 aliphatic heterocycles. The van der Waals surface area contributed by atoms with Gasteiger partial charge in [-0.25, -0.2) is 0 Å². The number of halogens is 2. The Labute approximate surface area is 206 Å². The maximum Gasteiger partial charge on any atom is 0.229 e. The predicted molar refractivity (Wildman–Crippen MR) is 138 cm³/mol. The van der Waals surface area contributed by atoms with Crippen LogP contribution in [0.15, 0.2) is 55.3 Å². The molecule has 32 heavy (non-hydrogen) atoms. The molecular formula is C26H32Cl2N2OS. The van der Waals surface area contributed by atoms with Gasteiger partial charge in [-0.05, 0) is 54.8 Å². The van der Waals surface area contributed by atoms with Crippen LogP contribution in [0.4, 0.5) is 0 Å². The summed E-state index contributed by atoms with van der Waals surface area (Å²) in [5.74, 6) is 2.16. The van der Waals surface area contributed by atoms with E-state index in [0.717, 1.165) is 29.2 Å². The number of benzene rings is 1. The highest BCUT2D eigenvalue weighted by Crippen LogP contribution is 2.52. The van der Waals surface area contributed by atoms with Gasteiger partial charge in [-0.1, -0.05) is 62.2 Å². The van der Waals surface area contributed by atoms with Crippen LogP contribution >= 0.6 is 35.0 Å². The molecule has 3 rings (SSSR count). The highest BCUT2D eigenvalue weighted by Gasteiger charge is 2.51. The van der Waals surface area contributed by atoms with E-state index in [-0.39, 0.29) is 23.9 Å². The second-order valence-corrected chi connectivity index (χ2v) is 10.9. The van der Waals surface area contributed by atoms with Crippen molar-refractivity contribution in [3.05, 3.63) is 76.6 Å². The van der Waals surface area contributed by atoms with Gasteiger partial charge >= 0.3 is 0 Å². The van der Waals surface area contributed by atoms with Crippen LogP contribution in [-0.4, -0.2) is 33.3 Å². The summed E-state index contributed by atoms with van der Waals surface area (Å²) in [5.41, 5.74) is 1.47. The van der Waals surface area contributed by atoms with E-state index in [1.165, 1.54) is 0 Å². The number of thioether (sulfide) groups is 1. The normalized spacial score (nSPS) is 24.4. The number of aromatic nitrogens is 1. The average molecular weight is 492 g/mol. The van der Waals surface area contributed by atoms with Gasteiger partial charge in [0.15, 0.2) is 0 Å².